The molecule has 0 radical (unpaired) electrons. The number of nitrogens with one attached hydrogen (secondary N) is 1. The molecule has 0 atom stereocenters. The van der Waals surface area contributed by atoms with Crippen LogP contribution in [-0.2, 0) is 11.2 Å². The van der Waals surface area contributed by atoms with Gasteiger partial charge in [-0.15, -0.1) is 0 Å². The number of rotatable bonds is 3. The number of benzene rings is 1. The second kappa shape index (κ2) is 5.36. The number of hydrogen-bond donors (Lipinski definition) is 1. The molecule has 0 saturated carbocycles. The fourth-order valence-corrected chi connectivity index (χ4v) is 2.31. The molecule has 0 fully saturated rings. The van der Waals surface area contributed by atoms with Crippen LogP contribution in [0.1, 0.15) is 17.0 Å². The van der Waals surface area contributed by atoms with Gasteiger partial charge in [-0.25, -0.2) is 9.50 Å². The average Bonchev–Trinajstić information content (AvgIpc) is 2.81. The first-order valence-electron chi connectivity index (χ1n) is 6.79. The number of hydrogen-bond acceptors (Lipinski definition) is 3. The van der Waals surface area contributed by atoms with Gasteiger partial charge in [0.25, 0.3) is 0 Å². The number of pyridine rings is 1. The average molecular weight is 280 g/mol. The van der Waals surface area contributed by atoms with Crippen LogP contribution < -0.4 is 5.32 Å². The Labute approximate surface area is 122 Å². The van der Waals surface area contributed by atoms with E-state index in [-0.39, 0.29) is 5.91 Å². The van der Waals surface area contributed by atoms with Crippen LogP contribution in [0, 0.1) is 13.8 Å². The molecule has 21 heavy (non-hydrogen) atoms. The Hall–Kier alpha value is -2.69. The minimum Gasteiger partial charge on any atom is -0.324 e. The number of carbonyl (C=O) groups excluding carboxylic acids is 1. The largest absolute Gasteiger partial charge is 0.324 e. The van der Waals surface area contributed by atoms with Crippen LogP contribution in [0.25, 0.3) is 5.65 Å². The summed E-state index contributed by atoms with van der Waals surface area (Å²) < 4.78 is 1.70. The monoisotopic (exact) mass is 280 g/mol. The van der Waals surface area contributed by atoms with E-state index in [1.165, 1.54) is 0 Å². The fraction of sp³-hybridized carbons (Fsp3) is 0.188. The van der Waals surface area contributed by atoms with Crippen LogP contribution in [0.15, 0.2) is 42.6 Å². The van der Waals surface area contributed by atoms with Gasteiger partial charge in [-0.1, -0.05) is 30.3 Å². The molecule has 0 spiro atoms. The zero-order valence-corrected chi connectivity index (χ0v) is 12.0. The summed E-state index contributed by atoms with van der Waals surface area (Å²) in [5.41, 5.74) is 3.51. The third-order valence-corrected chi connectivity index (χ3v) is 3.21. The van der Waals surface area contributed by atoms with Gasteiger partial charge in [0.05, 0.1) is 18.3 Å². The Morgan fingerprint density at radius 3 is 2.76 bits per heavy atom. The number of carbonyl (C=O) groups is 1. The molecule has 3 rings (SSSR count). The zero-order chi connectivity index (χ0) is 14.8. The Bertz CT molecular complexity index is 793. The lowest BCUT2D eigenvalue weighted by atomic mass is 10.1. The van der Waals surface area contributed by atoms with Crippen molar-refractivity contribution in [2.24, 2.45) is 0 Å². The van der Waals surface area contributed by atoms with Gasteiger partial charge in [-0.2, -0.15) is 5.10 Å². The van der Waals surface area contributed by atoms with Crippen LogP contribution in [0.3, 0.4) is 0 Å². The summed E-state index contributed by atoms with van der Waals surface area (Å²) in [6, 6.07) is 11.6. The number of aryl methyl sites for hydroxylation is 2. The van der Waals surface area contributed by atoms with Crippen molar-refractivity contribution >= 4 is 17.2 Å². The van der Waals surface area contributed by atoms with E-state index in [1.807, 2.05) is 50.2 Å². The Morgan fingerprint density at radius 1 is 1.24 bits per heavy atom. The molecular weight excluding hydrogens is 264 g/mol. The molecule has 2 aromatic heterocycles. The summed E-state index contributed by atoms with van der Waals surface area (Å²) in [5.74, 6) is 0.669. The molecule has 5 nitrogen and oxygen atoms in total. The highest BCUT2D eigenvalue weighted by atomic mass is 16.1. The van der Waals surface area contributed by atoms with E-state index < -0.39 is 0 Å². The van der Waals surface area contributed by atoms with Crippen LogP contribution in [0.2, 0.25) is 0 Å². The van der Waals surface area contributed by atoms with Gasteiger partial charge < -0.3 is 5.32 Å². The van der Waals surface area contributed by atoms with Gasteiger partial charge in [-0.05, 0) is 31.0 Å². The number of aromatic nitrogens is 3. The van der Waals surface area contributed by atoms with Crippen LogP contribution in [-0.4, -0.2) is 20.5 Å². The molecule has 1 N–H and O–H groups in total. The summed E-state index contributed by atoms with van der Waals surface area (Å²) in [6.07, 6.45) is 2.14. The van der Waals surface area contributed by atoms with E-state index in [2.05, 4.69) is 15.4 Å². The summed E-state index contributed by atoms with van der Waals surface area (Å²) in [5, 5.41) is 7.19. The molecule has 0 bridgehead atoms. The minimum atomic E-state index is -0.0446. The maximum Gasteiger partial charge on any atom is 0.228 e. The van der Waals surface area contributed by atoms with Crippen molar-refractivity contribution in [1.82, 2.24) is 14.6 Å². The van der Waals surface area contributed by atoms with Crippen LogP contribution in [0.4, 0.5) is 5.69 Å². The van der Waals surface area contributed by atoms with E-state index in [1.54, 1.807) is 10.7 Å². The molecule has 0 aliphatic carbocycles. The highest BCUT2D eigenvalue weighted by Gasteiger charge is 2.08. The molecular formula is C16H16N4O. The minimum absolute atomic E-state index is 0.0446. The smallest absolute Gasteiger partial charge is 0.228 e. The van der Waals surface area contributed by atoms with Crippen molar-refractivity contribution in [1.29, 1.82) is 0 Å². The maximum absolute atomic E-state index is 12.1. The van der Waals surface area contributed by atoms with Crippen LogP contribution >= 0.6 is 0 Å². The van der Waals surface area contributed by atoms with Gasteiger partial charge in [0.2, 0.25) is 5.91 Å². The third-order valence-electron chi connectivity index (χ3n) is 3.21. The summed E-state index contributed by atoms with van der Waals surface area (Å²) in [7, 11) is 0. The molecule has 1 aromatic carbocycles. The predicted molar refractivity (Wildman–Crippen MR) is 81.2 cm³/mol. The van der Waals surface area contributed by atoms with Gasteiger partial charge in [0.15, 0.2) is 5.65 Å². The Kier molecular flexibility index (Phi) is 3.39. The molecule has 106 valence electrons. The summed E-state index contributed by atoms with van der Waals surface area (Å²) in [4.78, 5) is 16.4. The number of fused-ring (bicyclic) bond motifs is 1. The van der Waals surface area contributed by atoms with Gasteiger partial charge in [0, 0.05) is 0 Å². The second-order valence-electron chi connectivity index (χ2n) is 5.05. The number of nitrogens with zero attached hydrogens (tertiary/aromatic N) is 3. The first-order valence-corrected chi connectivity index (χ1v) is 6.79. The normalized spacial score (nSPS) is 10.8. The van der Waals surface area contributed by atoms with Crippen molar-refractivity contribution in [2.45, 2.75) is 20.3 Å². The first kappa shape index (κ1) is 13.3. The molecule has 0 unspecified atom stereocenters. The predicted octanol–water partition coefficient (Wildman–Crippen LogP) is 2.53. The van der Waals surface area contributed by atoms with Gasteiger partial charge in [0.1, 0.15) is 5.82 Å². The first-order chi connectivity index (χ1) is 10.1. The molecule has 0 aliphatic rings. The van der Waals surface area contributed by atoms with E-state index in [0.29, 0.717) is 12.2 Å². The lowest BCUT2D eigenvalue weighted by molar-refractivity contribution is -0.115. The van der Waals surface area contributed by atoms with E-state index >= 15 is 0 Å². The number of amides is 1. The Balaban J connectivity index is 1.80. The lowest BCUT2D eigenvalue weighted by Crippen LogP contribution is -2.15. The molecule has 0 saturated heterocycles. The summed E-state index contributed by atoms with van der Waals surface area (Å²) in [6.45, 7) is 3.80. The van der Waals surface area contributed by atoms with E-state index in [9.17, 15) is 4.79 Å². The second-order valence-corrected chi connectivity index (χ2v) is 5.05. The topological polar surface area (TPSA) is 59.3 Å². The van der Waals surface area contributed by atoms with Crippen LogP contribution in [0.5, 0.6) is 0 Å². The van der Waals surface area contributed by atoms with Crippen molar-refractivity contribution in [3.8, 4) is 0 Å². The quantitative estimate of drug-likeness (QED) is 0.802. The highest BCUT2D eigenvalue weighted by Crippen LogP contribution is 2.15. The molecule has 0 aliphatic heterocycles. The third kappa shape index (κ3) is 2.91. The van der Waals surface area contributed by atoms with Crippen molar-refractivity contribution in [2.75, 3.05) is 5.32 Å². The van der Waals surface area contributed by atoms with E-state index in [4.69, 9.17) is 0 Å². The van der Waals surface area contributed by atoms with Crippen molar-refractivity contribution in [3.05, 3.63) is 59.5 Å². The lowest BCUT2D eigenvalue weighted by Gasteiger charge is -2.07. The van der Waals surface area contributed by atoms with Gasteiger partial charge in [-0.3, -0.25) is 4.79 Å². The number of anilines is 1. The highest BCUT2D eigenvalue weighted by molar-refractivity contribution is 5.92. The van der Waals surface area contributed by atoms with Gasteiger partial charge >= 0.3 is 0 Å². The maximum atomic E-state index is 12.1. The molecule has 1 amide bonds. The molecule has 5 heteroatoms. The fourth-order valence-electron chi connectivity index (χ4n) is 2.31. The SMILES string of the molecule is Cc1nc2c(C)cc(NC(=O)Cc3ccccc3)cn2n1. The van der Waals surface area contributed by atoms with Crippen molar-refractivity contribution in [3.63, 3.8) is 0 Å². The standard InChI is InChI=1S/C16H16N4O/c1-11-8-14(10-20-16(11)17-12(2)19-20)18-15(21)9-13-6-4-3-5-7-13/h3-8,10H,9H2,1-2H3,(H,18,21). The summed E-state index contributed by atoms with van der Waals surface area (Å²) >= 11 is 0. The molecule has 2 heterocycles. The van der Waals surface area contributed by atoms with E-state index in [0.717, 1.165) is 22.5 Å². The zero-order valence-electron chi connectivity index (χ0n) is 12.0. The Morgan fingerprint density at radius 2 is 2.00 bits per heavy atom. The van der Waals surface area contributed by atoms with Crippen molar-refractivity contribution < 1.29 is 4.79 Å². The molecule has 3 aromatic rings.